The molecule has 0 spiro atoms. The molecule has 0 unspecified atom stereocenters. The Morgan fingerprint density at radius 1 is 0.853 bits per heavy atom. The third-order valence-electron chi connectivity index (χ3n) is 6.12. The molecule has 0 atom stereocenters. The normalized spacial score (nSPS) is 13.7. The van der Waals surface area contributed by atoms with Crippen LogP contribution in [0.15, 0.2) is 79.3 Å². The van der Waals surface area contributed by atoms with Crippen LogP contribution in [-0.2, 0) is 0 Å². The Hall–Kier alpha value is -3.77. The van der Waals surface area contributed by atoms with E-state index >= 15 is 0 Å². The van der Waals surface area contributed by atoms with E-state index in [1.165, 1.54) is 25.9 Å². The van der Waals surface area contributed by atoms with Gasteiger partial charge in [-0.1, -0.05) is 18.2 Å². The van der Waals surface area contributed by atoms with Gasteiger partial charge in [-0.3, -0.25) is 14.9 Å². The van der Waals surface area contributed by atoms with Crippen LogP contribution in [-0.4, -0.2) is 53.1 Å². The number of hydrogen-bond donors (Lipinski definition) is 1. The van der Waals surface area contributed by atoms with Crippen molar-refractivity contribution in [1.29, 1.82) is 0 Å². The summed E-state index contributed by atoms with van der Waals surface area (Å²) in [5, 5.41) is 3.16. The minimum Gasteiger partial charge on any atom is -0.492 e. The van der Waals surface area contributed by atoms with Gasteiger partial charge in [0.25, 0.3) is 0 Å². The molecule has 0 radical (unpaired) electrons. The van der Waals surface area contributed by atoms with Crippen LogP contribution in [0.5, 0.6) is 5.75 Å². The predicted octanol–water partition coefficient (Wildman–Crippen LogP) is 5.39. The lowest BCUT2D eigenvalue weighted by Crippen LogP contribution is -2.25. The first kappa shape index (κ1) is 22.0. The summed E-state index contributed by atoms with van der Waals surface area (Å²) in [4.78, 5) is 16.1. The fourth-order valence-corrected chi connectivity index (χ4v) is 4.29. The van der Waals surface area contributed by atoms with Crippen molar-refractivity contribution in [2.24, 2.45) is 0 Å². The zero-order valence-corrected chi connectivity index (χ0v) is 19.4. The number of ether oxygens (including phenoxy) is 1. The minimum absolute atomic E-state index is 0.710. The highest BCUT2D eigenvalue weighted by atomic mass is 16.5. The Morgan fingerprint density at radius 2 is 1.71 bits per heavy atom. The number of aromatic nitrogens is 3. The molecule has 6 heteroatoms. The van der Waals surface area contributed by atoms with Crippen LogP contribution < -0.4 is 10.1 Å². The number of likely N-dealkylation sites (tertiary alicyclic amines) is 1. The second-order valence-electron chi connectivity index (χ2n) is 8.48. The molecule has 0 amide bonds. The lowest BCUT2D eigenvalue weighted by atomic mass is 10.0. The first-order chi connectivity index (χ1) is 16.8. The zero-order chi connectivity index (χ0) is 23.2. The Kier molecular flexibility index (Phi) is 6.77. The molecule has 3 aromatic heterocycles. The van der Waals surface area contributed by atoms with Crippen LogP contribution in [0.25, 0.3) is 33.6 Å². The first-order valence-electron chi connectivity index (χ1n) is 11.8. The van der Waals surface area contributed by atoms with Crippen LogP contribution in [0.4, 0.5) is 5.82 Å². The third-order valence-corrected chi connectivity index (χ3v) is 6.12. The topological polar surface area (TPSA) is 63.2 Å². The maximum absolute atomic E-state index is 6.05. The molecule has 0 bridgehead atoms. The van der Waals surface area contributed by atoms with Gasteiger partial charge in [-0.15, -0.1) is 0 Å². The zero-order valence-electron chi connectivity index (χ0n) is 19.4. The Morgan fingerprint density at radius 3 is 2.50 bits per heavy atom. The summed E-state index contributed by atoms with van der Waals surface area (Å²) < 4.78 is 6.05. The van der Waals surface area contributed by atoms with Crippen LogP contribution >= 0.6 is 0 Å². The summed E-state index contributed by atoms with van der Waals surface area (Å²) in [6.07, 6.45) is 8.17. The van der Waals surface area contributed by atoms with Gasteiger partial charge in [0.05, 0.1) is 11.4 Å². The maximum atomic E-state index is 6.05. The molecule has 4 aromatic rings. The van der Waals surface area contributed by atoms with Crippen LogP contribution in [0.3, 0.4) is 0 Å². The average Bonchev–Trinajstić information content (AvgIpc) is 3.43. The molecular weight excluding hydrogens is 422 g/mol. The largest absolute Gasteiger partial charge is 0.492 e. The van der Waals surface area contributed by atoms with Crippen LogP contribution in [0.1, 0.15) is 12.8 Å². The van der Waals surface area contributed by atoms with Gasteiger partial charge in [-0.25, -0.2) is 4.98 Å². The van der Waals surface area contributed by atoms with Crippen molar-refractivity contribution < 1.29 is 4.74 Å². The fraction of sp³-hybridized carbons (Fsp3) is 0.250. The molecule has 6 nitrogen and oxygen atoms in total. The molecule has 34 heavy (non-hydrogen) atoms. The fourth-order valence-electron chi connectivity index (χ4n) is 4.29. The van der Waals surface area contributed by atoms with Crippen molar-refractivity contribution in [2.75, 3.05) is 38.6 Å². The van der Waals surface area contributed by atoms with Gasteiger partial charge < -0.3 is 10.1 Å². The average molecular weight is 452 g/mol. The van der Waals surface area contributed by atoms with E-state index in [1.807, 2.05) is 55.8 Å². The summed E-state index contributed by atoms with van der Waals surface area (Å²) in [7, 11) is 1.87. The van der Waals surface area contributed by atoms with Crippen molar-refractivity contribution in [3.05, 3.63) is 79.3 Å². The van der Waals surface area contributed by atoms with Gasteiger partial charge in [-0.05, 0) is 79.5 Å². The molecule has 1 aromatic carbocycles. The molecule has 0 aliphatic carbocycles. The van der Waals surface area contributed by atoms with Gasteiger partial charge >= 0.3 is 0 Å². The molecule has 1 saturated heterocycles. The van der Waals surface area contributed by atoms with Gasteiger partial charge in [0.15, 0.2) is 0 Å². The highest BCUT2D eigenvalue weighted by Gasteiger charge is 2.12. The van der Waals surface area contributed by atoms with E-state index in [0.717, 1.165) is 51.8 Å². The molecule has 4 heterocycles. The van der Waals surface area contributed by atoms with E-state index in [0.29, 0.717) is 6.61 Å². The molecule has 0 saturated carbocycles. The Balaban J connectivity index is 1.39. The van der Waals surface area contributed by atoms with E-state index in [9.17, 15) is 0 Å². The van der Waals surface area contributed by atoms with E-state index in [1.54, 1.807) is 6.20 Å². The molecule has 5 rings (SSSR count). The highest BCUT2D eigenvalue weighted by Crippen LogP contribution is 2.30. The summed E-state index contributed by atoms with van der Waals surface area (Å²) in [6, 6.07) is 20.3. The van der Waals surface area contributed by atoms with Crippen molar-refractivity contribution in [2.45, 2.75) is 12.8 Å². The van der Waals surface area contributed by atoms with E-state index in [2.05, 4.69) is 49.4 Å². The summed E-state index contributed by atoms with van der Waals surface area (Å²) in [5.41, 5.74) is 5.84. The number of nitrogens with one attached hydrogen (secondary N) is 1. The smallest absolute Gasteiger partial charge is 0.127 e. The number of pyridine rings is 3. The molecule has 1 aliphatic rings. The number of hydrogen-bond acceptors (Lipinski definition) is 6. The van der Waals surface area contributed by atoms with Gasteiger partial charge in [0.2, 0.25) is 0 Å². The Labute approximate surface area is 200 Å². The molecule has 1 aliphatic heterocycles. The van der Waals surface area contributed by atoms with Crippen LogP contribution in [0, 0.1) is 0 Å². The predicted molar refractivity (Wildman–Crippen MR) is 137 cm³/mol. The first-order valence-corrected chi connectivity index (χ1v) is 11.8. The molecule has 1 fully saturated rings. The highest BCUT2D eigenvalue weighted by molar-refractivity contribution is 5.76. The number of benzene rings is 1. The second-order valence-corrected chi connectivity index (χ2v) is 8.48. The lowest BCUT2D eigenvalue weighted by molar-refractivity contribution is 0.238. The maximum Gasteiger partial charge on any atom is 0.127 e. The van der Waals surface area contributed by atoms with Crippen molar-refractivity contribution in [3.8, 4) is 39.4 Å². The number of rotatable bonds is 8. The number of anilines is 1. The van der Waals surface area contributed by atoms with Crippen molar-refractivity contribution in [3.63, 3.8) is 0 Å². The second kappa shape index (κ2) is 10.4. The molecule has 172 valence electrons. The van der Waals surface area contributed by atoms with Crippen molar-refractivity contribution >= 4 is 5.82 Å². The van der Waals surface area contributed by atoms with Gasteiger partial charge in [-0.2, -0.15) is 0 Å². The van der Waals surface area contributed by atoms with Crippen molar-refractivity contribution in [1.82, 2.24) is 19.9 Å². The van der Waals surface area contributed by atoms with Crippen LogP contribution in [0.2, 0.25) is 0 Å². The lowest BCUT2D eigenvalue weighted by Gasteiger charge is -2.15. The summed E-state index contributed by atoms with van der Waals surface area (Å²) in [5.74, 6) is 1.68. The van der Waals surface area contributed by atoms with Gasteiger partial charge in [0, 0.05) is 43.3 Å². The third kappa shape index (κ3) is 5.24. The quantitative estimate of drug-likeness (QED) is 0.388. The molecule has 1 N–H and O–H groups in total. The summed E-state index contributed by atoms with van der Waals surface area (Å²) >= 11 is 0. The standard InChI is InChI=1S/C28H29N5O/c1-29-28-18-22(17-27(32-28)26-9-2-3-10-31-26)24-15-23(19-30-20-24)21-7-6-8-25(16-21)34-14-13-33-11-4-5-12-33/h2-3,6-10,15-20H,4-5,11-14H2,1H3,(H,29,32). The SMILES string of the molecule is CNc1cc(-c2cncc(-c3cccc(OCCN4CCCC4)c3)c2)cc(-c2ccccn2)n1. The number of nitrogens with zero attached hydrogens (tertiary/aromatic N) is 4. The van der Waals surface area contributed by atoms with E-state index < -0.39 is 0 Å². The summed E-state index contributed by atoms with van der Waals surface area (Å²) in [6.45, 7) is 4.07. The van der Waals surface area contributed by atoms with E-state index in [4.69, 9.17) is 4.74 Å². The van der Waals surface area contributed by atoms with E-state index in [-0.39, 0.29) is 0 Å². The Bertz CT molecular complexity index is 1240. The monoisotopic (exact) mass is 451 g/mol. The molecular formula is C28H29N5O. The minimum atomic E-state index is 0.710. The van der Waals surface area contributed by atoms with Gasteiger partial charge in [0.1, 0.15) is 18.2 Å².